The molecule has 1 aliphatic heterocycles. The Morgan fingerprint density at radius 2 is 1.72 bits per heavy atom. The molecule has 1 saturated heterocycles. The Labute approximate surface area is 170 Å². The first kappa shape index (κ1) is 19.5. The Bertz CT molecular complexity index is 1010. The monoisotopic (exact) mass is 390 g/mol. The molecule has 6 heteroatoms. The van der Waals surface area contributed by atoms with Gasteiger partial charge in [-0.2, -0.15) is 0 Å². The predicted octanol–water partition coefficient (Wildman–Crippen LogP) is 3.06. The van der Waals surface area contributed by atoms with Crippen LogP contribution in [0.4, 0.5) is 0 Å². The van der Waals surface area contributed by atoms with Crippen molar-refractivity contribution in [1.29, 1.82) is 0 Å². The van der Waals surface area contributed by atoms with Gasteiger partial charge in [0.2, 0.25) is 0 Å². The SMILES string of the molecule is Cc1ccc(Cc2nc(-c3ccccc3)nn(C(C)N3CCOCC3)c2=O)cc1. The lowest BCUT2D eigenvalue weighted by atomic mass is 10.1. The van der Waals surface area contributed by atoms with E-state index >= 15 is 0 Å². The largest absolute Gasteiger partial charge is 0.379 e. The Hall–Kier alpha value is -2.83. The molecule has 0 amide bonds. The lowest BCUT2D eigenvalue weighted by Crippen LogP contribution is -2.44. The zero-order valence-electron chi connectivity index (χ0n) is 16.9. The lowest BCUT2D eigenvalue weighted by molar-refractivity contribution is -0.000958. The van der Waals surface area contributed by atoms with Gasteiger partial charge in [0.1, 0.15) is 11.9 Å². The van der Waals surface area contributed by atoms with Crippen molar-refractivity contribution in [3.63, 3.8) is 0 Å². The summed E-state index contributed by atoms with van der Waals surface area (Å²) >= 11 is 0. The molecule has 0 bridgehead atoms. The number of hydrogen-bond donors (Lipinski definition) is 0. The van der Waals surface area contributed by atoms with Crippen LogP contribution in [0.2, 0.25) is 0 Å². The highest BCUT2D eigenvalue weighted by molar-refractivity contribution is 5.53. The van der Waals surface area contributed by atoms with Crippen LogP contribution in [0.25, 0.3) is 11.4 Å². The summed E-state index contributed by atoms with van der Waals surface area (Å²) in [5.41, 5.74) is 3.54. The molecule has 0 spiro atoms. The van der Waals surface area contributed by atoms with Gasteiger partial charge in [-0.1, -0.05) is 60.2 Å². The molecule has 0 radical (unpaired) electrons. The molecule has 4 rings (SSSR count). The van der Waals surface area contributed by atoms with Crippen molar-refractivity contribution in [2.24, 2.45) is 0 Å². The third-order valence-electron chi connectivity index (χ3n) is 5.35. The van der Waals surface area contributed by atoms with E-state index in [2.05, 4.69) is 46.2 Å². The molecule has 0 N–H and O–H groups in total. The topological polar surface area (TPSA) is 60.3 Å². The molecule has 2 heterocycles. The average molecular weight is 390 g/mol. The third-order valence-corrected chi connectivity index (χ3v) is 5.35. The van der Waals surface area contributed by atoms with Crippen molar-refractivity contribution < 1.29 is 4.74 Å². The molecule has 29 heavy (non-hydrogen) atoms. The van der Waals surface area contributed by atoms with E-state index in [-0.39, 0.29) is 11.7 Å². The number of morpholine rings is 1. The second-order valence-electron chi connectivity index (χ2n) is 7.44. The van der Waals surface area contributed by atoms with E-state index in [1.54, 1.807) is 4.68 Å². The van der Waals surface area contributed by atoms with E-state index in [4.69, 9.17) is 4.74 Å². The first-order valence-electron chi connectivity index (χ1n) is 10.0. The molecule has 6 nitrogen and oxygen atoms in total. The third kappa shape index (κ3) is 4.44. The summed E-state index contributed by atoms with van der Waals surface area (Å²) in [4.78, 5) is 20.2. The van der Waals surface area contributed by atoms with E-state index in [1.165, 1.54) is 5.56 Å². The molecule has 1 unspecified atom stereocenters. The van der Waals surface area contributed by atoms with Crippen molar-refractivity contribution in [2.75, 3.05) is 26.3 Å². The molecule has 150 valence electrons. The average Bonchev–Trinajstić information content (AvgIpc) is 2.77. The van der Waals surface area contributed by atoms with Crippen LogP contribution in [-0.2, 0) is 11.2 Å². The van der Waals surface area contributed by atoms with Crippen molar-refractivity contribution in [3.05, 3.63) is 81.8 Å². The van der Waals surface area contributed by atoms with Crippen molar-refractivity contribution in [3.8, 4) is 11.4 Å². The van der Waals surface area contributed by atoms with Gasteiger partial charge in [-0.3, -0.25) is 9.69 Å². The first-order valence-corrected chi connectivity index (χ1v) is 10.0. The van der Waals surface area contributed by atoms with E-state index in [1.807, 2.05) is 37.3 Å². The molecule has 2 aromatic carbocycles. The van der Waals surface area contributed by atoms with Crippen LogP contribution < -0.4 is 5.56 Å². The van der Waals surface area contributed by atoms with E-state index in [9.17, 15) is 4.79 Å². The van der Waals surface area contributed by atoms with Crippen LogP contribution >= 0.6 is 0 Å². The maximum absolute atomic E-state index is 13.3. The summed E-state index contributed by atoms with van der Waals surface area (Å²) in [5, 5.41) is 4.64. The molecule has 0 aliphatic carbocycles. The molecular formula is C23H26N4O2. The fourth-order valence-electron chi connectivity index (χ4n) is 3.56. The second-order valence-corrected chi connectivity index (χ2v) is 7.44. The molecule has 1 aliphatic rings. The van der Waals surface area contributed by atoms with E-state index < -0.39 is 0 Å². The maximum Gasteiger partial charge on any atom is 0.290 e. The van der Waals surface area contributed by atoms with E-state index in [0.717, 1.165) is 24.2 Å². The van der Waals surface area contributed by atoms with Crippen molar-refractivity contribution >= 4 is 0 Å². The predicted molar refractivity (Wildman–Crippen MR) is 113 cm³/mol. The molecule has 1 fully saturated rings. The van der Waals surface area contributed by atoms with Crippen LogP contribution in [0.5, 0.6) is 0 Å². The first-order chi connectivity index (χ1) is 14.1. The second kappa shape index (κ2) is 8.68. The normalized spacial score (nSPS) is 15.9. The Balaban J connectivity index is 1.76. The Morgan fingerprint density at radius 3 is 2.41 bits per heavy atom. The summed E-state index contributed by atoms with van der Waals surface area (Å²) < 4.78 is 7.05. The van der Waals surface area contributed by atoms with Crippen LogP contribution in [0.15, 0.2) is 59.4 Å². The molecular weight excluding hydrogens is 364 g/mol. The molecule has 3 aromatic rings. The van der Waals surface area contributed by atoms with Gasteiger partial charge in [-0.15, -0.1) is 5.10 Å². The zero-order valence-corrected chi connectivity index (χ0v) is 16.9. The van der Waals surface area contributed by atoms with Gasteiger partial charge < -0.3 is 4.74 Å². The van der Waals surface area contributed by atoms with Crippen LogP contribution in [0, 0.1) is 6.92 Å². The van der Waals surface area contributed by atoms with Gasteiger partial charge in [-0.05, 0) is 19.4 Å². The van der Waals surface area contributed by atoms with Crippen molar-refractivity contribution in [2.45, 2.75) is 26.4 Å². The quantitative estimate of drug-likeness (QED) is 0.670. The number of hydrogen-bond acceptors (Lipinski definition) is 5. The van der Waals surface area contributed by atoms with Crippen LogP contribution in [0.3, 0.4) is 0 Å². The summed E-state index contributed by atoms with van der Waals surface area (Å²) in [6.07, 6.45) is 0.325. The maximum atomic E-state index is 13.3. The summed E-state index contributed by atoms with van der Waals surface area (Å²) in [7, 11) is 0. The summed E-state index contributed by atoms with van der Waals surface area (Å²) in [5.74, 6) is 0.576. The van der Waals surface area contributed by atoms with Crippen LogP contribution in [-0.4, -0.2) is 46.0 Å². The van der Waals surface area contributed by atoms with Gasteiger partial charge in [-0.25, -0.2) is 9.67 Å². The fraction of sp³-hybridized carbons (Fsp3) is 0.348. The summed E-state index contributed by atoms with van der Waals surface area (Å²) in [6.45, 7) is 6.98. The fourth-order valence-corrected chi connectivity index (χ4v) is 3.56. The number of rotatable bonds is 5. The molecule has 1 aromatic heterocycles. The minimum atomic E-state index is -0.159. The number of nitrogens with zero attached hydrogens (tertiary/aromatic N) is 4. The van der Waals surface area contributed by atoms with Gasteiger partial charge in [0.05, 0.1) is 13.2 Å². The van der Waals surface area contributed by atoms with Gasteiger partial charge in [0, 0.05) is 25.1 Å². The van der Waals surface area contributed by atoms with Gasteiger partial charge in [0.25, 0.3) is 5.56 Å². The number of ether oxygens (including phenoxy) is 1. The minimum absolute atomic E-state index is 0.135. The number of aryl methyl sites for hydroxylation is 1. The number of aromatic nitrogens is 3. The molecule has 1 atom stereocenters. The smallest absolute Gasteiger partial charge is 0.290 e. The van der Waals surface area contributed by atoms with Crippen LogP contribution in [0.1, 0.15) is 29.9 Å². The highest BCUT2D eigenvalue weighted by Gasteiger charge is 2.23. The Kier molecular flexibility index (Phi) is 5.83. The number of benzene rings is 2. The van der Waals surface area contributed by atoms with Crippen molar-refractivity contribution in [1.82, 2.24) is 19.7 Å². The zero-order chi connectivity index (χ0) is 20.2. The van der Waals surface area contributed by atoms with Gasteiger partial charge >= 0.3 is 0 Å². The molecule has 0 saturated carbocycles. The summed E-state index contributed by atoms with van der Waals surface area (Å²) in [6, 6.07) is 18.0. The van der Waals surface area contributed by atoms with Gasteiger partial charge in [0.15, 0.2) is 5.82 Å². The highest BCUT2D eigenvalue weighted by Crippen LogP contribution is 2.17. The Morgan fingerprint density at radius 1 is 1.03 bits per heavy atom. The highest BCUT2D eigenvalue weighted by atomic mass is 16.5. The minimum Gasteiger partial charge on any atom is -0.379 e. The standard InChI is InChI=1S/C23H26N4O2/c1-17-8-10-19(11-9-17)16-21-23(28)27(18(2)26-12-14-29-15-13-26)25-22(24-21)20-6-4-3-5-7-20/h3-11,18H,12-16H2,1-2H3. The van der Waals surface area contributed by atoms with E-state index in [0.29, 0.717) is 31.2 Å². The lowest BCUT2D eigenvalue weighted by Gasteiger charge is -2.32.